The van der Waals surface area contributed by atoms with Crippen molar-refractivity contribution in [2.45, 2.75) is 72.6 Å². The predicted octanol–water partition coefficient (Wildman–Crippen LogP) is 5.82. The Hall–Kier alpha value is -0.330. The van der Waals surface area contributed by atoms with Crippen LogP contribution in [0.1, 0.15) is 72.6 Å². The van der Waals surface area contributed by atoms with Gasteiger partial charge < -0.3 is 14.2 Å². The minimum atomic E-state index is -0.298. The van der Waals surface area contributed by atoms with E-state index in [9.17, 15) is 0 Å². The summed E-state index contributed by atoms with van der Waals surface area (Å²) in [4.78, 5) is 0. The fourth-order valence-corrected chi connectivity index (χ4v) is 2.75. The Bertz CT molecular complexity index is 342. The van der Waals surface area contributed by atoms with Crippen molar-refractivity contribution in [1.29, 1.82) is 0 Å². The van der Waals surface area contributed by atoms with Gasteiger partial charge in [-0.3, -0.25) is 0 Å². The molecule has 24 heavy (non-hydrogen) atoms. The van der Waals surface area contributed by atoms with Gasteiger partial charge in [0.2, 0.25) is 0 Å². The van der Waals surface area contributed by atoms with E-state index in [2.05, 4.69) is 27.7 Å². The van der Waals surface area contributed by atoms with Crippen LogP contribution in [0.3, 0.4) is 0 Å². The highest BCUT2D eigenvalue weighted by molar-refractivity contribution is 7.80. The molecule has 0 saturated heterocycles. The highest BCUT2D eigenvalue weighted by atomic mass is 32.1. The van der Waals surface area contributed by atoms with Crippen LogP contribution in [0.15, 0.2) is 0 Å². The van der Waals surface area contributed by atoms with Gasteiger partial charge in [-0.05, 0) is 62.3 Å². The number of ether oxygens (including phenoxy) is 3. The summed E-state index contributed by atoms with van der Waals surface area (Å²) >= 11 is 15.8. The maximum Gasteiger partial charge on any atom is 0.159 e. The van der Waals surface area contributed by atoms with Crippen LogP contribution in [-0.2, 0) is 14.2 Å². The van der Waals surface area contributed by atoms with Crippen molar-refractivity contribution in [3.05, 3.63) is 0 Å². The molecule has 0 spiro atoms. The molecule has 0 saturated carbocycles. The van der Waals surface area contributed by atoms with E-state index in [0.717, 1.165) is 44.9 Å². The fourth-order valence-electron chi connectivity index (χ4n) is 1.96. The second-order valence-corrected chi connectivity index (χ2v) is 7.45. The lowest BCUT2D eigenvalue weighted by Crippen LogP contribution is -2.38. The molecule has 0 fully saturated rings. The number of hydrogen-bond acceptors (Lipinski definition) is 6. The van der Waals surface area contributed by atoms with Crippen molar-refractivity contribution in [2.24, 2.45) is 5.41 Å². The molecule has 0 amide bonds. The summed E-state index contributed by atoms with van der Waals surface area (Å²) in [6.45, 7) is 9.75. The van der Waals surface area contributed by atoms with Crippen LogP contribution in [0.4, 0.5) is 0 Å². The molecule has 0 N–H and O–H groups in total. The van der Waals surface area contributed by atoms with Crippen LogP contribution >= 0.6 is 36.7 Å². The molecule has 0 radical (unpaired) electrons. The molecular formula is C18H32O3S3. The molecule has 0 aromatic heterocycles. The average molecular weight is 393 g/mol. The lowest BCUT2D eigenvalue weighted by atomic mass is 9.88. The van der Waals surface area contributed by atoms with Gasteiger partial charge in [0.25, 0.3) is 0 Å². The van der Waals surface area contributed by atoms with Crippen molar-refractivity contribution in [3.8, 4) is 0 Å². The number of rotatable bonds is 13. The monoisotopic (exact) mass is 392 g/mol. The van der Waals surface area contributed by atoms with E-state index < -0.39 is 0 Å². The first-order valence-electron chi connectivity index (χ1n) is 8.89. The zero-order valence-corrected chi connectivity index (χ0v) is 18.0. The fraction of sp³-hybridized carbons (Fsp3) is 0.833. The van der Waals surface area contributed by atoms with Crippen molar-refractivity contribution < 1.29 is 14.2 Å². The van der Waals surface area contributed by atoms with E-state index in [-0.39, 0.29) is 5.41 Å². The van der Waals surface area contributed by atoms with Gasteiger partial charge >= 0.3 is 0 Å². The lowest BCUT2D eigenvalue weighted by Gasteiger charge is -2.32. The predicted molar refractivity (Wildman–Crippen MR) is 113 cm³/mol. The third-order valence-electron chi connectivity index (χ3n) is 3.73. The molecule has 6 heteroatoms. The maximum atomic E-state index is 5.81. The normalized spacial score (nSPS) is 11.0. The quantitative estimate of drug-likeness (QED) is 0.367. The minimum absolute atomic E-state index is 0.298. The first-order valence-corrected chi connectivity index (χ1v) is 10.1. The summed E-state index contributed by atoms with van der Waals surface area (Å²) in [7, 11) is 0. The molecule has 0 rings (SSSR count). The zero-order chi connectivity index (χ0) is 18.4. The van der Waals surface area contributed by atoms with Gasteiger partial charge in [-0.25, -0.2) is 0 Å². The Labute approximate surface area is 163 Å². The third-order valence-corrected chi connectivity index (χ3v) is 4.70. The molecule has 3 nitrogen and oxygen atoms in total. The van der Waals surface area contributed by atoms with Gasteiger partial charge in [-0.15, -0.1) is 0 Å². The summed E-state index contributed by atoms with van der Waals surface area (Å²) in [5.74, 6) is 0. The van der Waals surface area contributed by atoms with Crippen LogP contribution in [-0.4, -0.2) is 35.0 Å². The first kappa shape index (κ1) is 23.7. The van der Waals surface area contributed by atoms with E-state index in [0.29, 0.717) is 35.0 Å². The molecule has 0 unspecified atom stereocenters. The Balaban J connectivity index is 4.81. The Morgan fingerprint density at radius 3 is 1.12 bits per heavy atom. The van der Waals surface area contributed by atoms with Gasteiger partial charge in [0, 0.05) is 19.3 Å². The standard InChI is InChI=1S/C18H32O3S3/c1-5-9-15(22)19-12-18(8-4,13-20-16(23)10-6-2)14-21-17(24)11-7-3/h5-14H2,1-4H3. The Morgan fingerprint density at radius 2 is 0.917 bits per heavy atom. The van der Waals surface area contributed by atoms with E-state index in [1.165, 1.54) is 0 Å². The van der Waals surface area contributed by atoms with Crippen LogP contribution in [0.25, 0.3) is 0 Å². The van der Waals surface area contributed by atoms with Crippen LogP contribution in [0, 0.1) is 5.41 Å². The molecule has 140 valence electrons. The van der Waals surface area contributed by atoms with Gasteiger partial charge in [-0.2, -0.15) is 0 Å². The van der Waals surface area contributed by atoms with Crippen molar-refractivity contribution in [1.82, 2.24) is 0 Å². The SMILES string of the molecule is CCCC(=S)OCC(CC)(COC(=S)CCC)COC(=S)CCC. The van der Waals surface area contributed by atoms with Crippen LogP contribution in [0.5, 0.6) is 0 Å². The van der Waals surface area contributed by atoms with Gasteiger partial charge in [0.05, 0.1) is 5.41 Å². The molecule has 0 aliphatic carbocycles. The topological polar surface area (TPSA) is 27.7 Å². The molecule has 0 atom stereocenters. The zero-order valence-electron chi connectivity index (χ0n) is 15.5. The minimum Gasteiger partial charge on any atom is -0.486 e. The Kier molecular flexibility index (Phi) is 13.7. The molecule has 0 heterocycles. The van der Waals surface area contributed by atoms with Crippen LogP contribution < -0.4 is 0 Å². The van der Waals surface area contributed by atoms with Crippen molar-refractivity contribution in [2.75, 3.05) is 19.8 Å². The van der Waals surface area contributed by atoms with Crippen molar-refractivity contribution >= 4 is 51.8 Å². The smallest absolute Gasteiger partial charge is 0.159 e. The summed E-state index contributed by atoms with van der Waals surface area (Å²) in [5, 5.41) is 1.92. The third kappa shape index (κ3) is 10.5. The lowest BCUT2D eigenvalue weighted by molar-refractivity contribution is 0.0179. The number of thiocarbonyl (C=S) groups is 3. The molecule has 0 aliphatic rings. The van der Waals surface area contributed by atoms with E-state index in [4.69, 9.17) is 50.9 Å². The summed E-state index contributed by atoms with van der Waals surface area (Å²) in [6.07, 6.45) is 6.15. The molecular weight excluding hydrogens is 360 g/mol. The molecule has 0 aromatic rings. The molecule has 0 aromatic carbocycles. The largest absolute Gasteiger partial charge is 0.486 e. The van der Waals surface area contributed by atoms with Crippen molar-refractivity contribution in [3.63, 3.8) is 0 Å². The van der Waals surface area contributed by atoms with Crippen LogP contribution in [0.2, 0.25) is 0 Å². The molecule has 0 aliphatic heterocycles. The number of hydrogen-bond donors (Lipinski definition) is 0. The Morgan fingerprint density at radius 1 is 0.625 bits per heavy atom. The average Bonchev–Trinajstić information content (AvgIpc) is 2.55. The highest BCUT2D eigenvalue weighted by Crippen LogP contribution is 2.25. The second kappa shape index (κ2) is 13.9. The summed E-state index contributed by atoms with van der Waals surface area (Å²) in [5.41, 5.74) is -0.298. The maximum absolute atomic E-state index is 5.81. The van der Waals surface area contributed by atoms with E-state index in [1.807, 2.05) is 0 Å². The van der Waals surface area contributed by atoms with Gasteiger partial charge in [-0.1, -0.05) is 27.7 Å². The second-order valence-electron chi connectivity index (χ2n) is 6.09. The van der Waals surface area contributed by atoms with E-state index in [1.54, 1.807) is 0 Å². The van der Waals surface area contributed by atoms with Gasteiger partial charge in [0.15, 0.2) is 15.2 Å². The summed E-state index contributed by atoms with van der Waals surface area (Å²) < 4.78 is 17.4. The van der Waals surface area contributed by atoms with Gasteiger partial charge in [0.1, 0.15) is 19.8 Å². The molecule has 0 bridgehead atoms. The first-order chi connectivity index (χ1) is 11.4. The summed E-state index contributed by atoms with van der Waals surface area (Å²) in [6, 6.07) is 0. The van der Waals surface area contributed by atoms with E-state index >= 15 is 0 Å². The highest BCUT2D eigenvalue weighted by Gasteiger charge is 2.33.